The molecule has 1 saturated heterocycles. The molecule has 4 nitrogen and oxygen atoms in total. The summed E-state index contributed by atoms with van der Waals surface area (Å²) in [5.74, 6) is 0. The Morgan fingerprint density at radius 2 is 1.95 bits per heavy atom. The van der Waals surface area contributed by atoms with Gasteiger partial charge in [0.1, 0.15) is 0 Å². The van der Waals surface area contributed by atoms with E-state index in [1.165, 1.54) is 0 Å². The summed E-state index contributed by atoms with van der Waals surface area (Å²) in [6.07, 6.45) is 1.83. The number of hydrogen-bond acceptors (Lipinski definition) is 4. The lowest BCUT2D eigenvalue weighted by Gasteiger charge is -2.36. The maximum atomic E-state index is 10.3. The summed E-state index contributed by atoms with van der Waals surface area (Å²) in [5.41, 5.74) is 1.51. The minimum absolute atomic E-state index is 0.493. The minimum Gasteiger partial charge on any atom is -0.387 e. The second-order valence-corrected chi connectivity index (χ2v) is 5.72. The zero-order chi connectivity index (χ0) is 14.5. The highest BCUT2D eigenvalue weighted by atomic mass is 16.3. The van der Waals surface area contributed by atoms with Gasteiger partial charge in [-0.25, -0.2) is 0 Å². The van der Waals surface area contributed by atoms with Gasteiger partial charge < -0.3 is 14.9 Å². The van der Waals surface area contributed by atoms with E-state index in [2.05, 4.69) is 30.0 Å². The van der Waals surface area contributed by atoms with Crippen molar-refractivity contribution in [1.29, 1.82) is 5.26 Å². The molecular weight excluding hydrogens is 250 g/mol. The zero-order valence-corrected chi connectivity index (χ0v) is 12.3. The standard InChI is InChI=1S/C16H23N3O/c1-18-9-7-15(8-10-18)19(2)12-16(20)14-5-3-13(11-17)4-6-14/h3-6,15-16,20H,7-10,12H2,1-2H3. The molecule has 0 radical (unpaired) electrons. The van der Waals surface area contributed by atoms with E-state index in [-0.39, 0.29) is 0 Å². The maximum Gasteiger partial charge on any atom is 0.0991 e. The van der Waals surface area contributed by atoms with Gasteiger partial charge in [0.25, 0.3) is 0 Å². The molecule has 0 spiro atoms. The molecule has 1 aliphatic heterocycles. The first-order chi connectivity index (χ1) is 9.60. The van der Waals surface area contributed by atoms with Crippen molar-refractivity contribution in [2.75, 3.05) is 33.7 Å². The molecule has 20 heavy (non-hydrogen) atoms. The van der Waals surface area contributed by atoms with Crippen LogP contribution in [-0.2, 0) is 0 Å². The summed E-state index contributed by atoms with van der Waals surface area (Å²) >= 11 is 0. The lowest BCUT2D eigenvalue weighted by atomic mass is 10.0. The number of likely N-dealkylation sites (N-methyl/N-ethyl adjacent to an activating group) is 1. The van der Waals surface area contributed by atoms with Crippen molar-refractivity contribution in [3.05, 3.63) is 35.4 Å². The average molecular weight is 273 g/mol. The summed E-state index contributed by atoms with van der Waals surface area (Å²) in [4.78, 5) is 4.61. The Morgan fingerprint density at radius 1 is 1.35 bits per heavy atom. The van der Waals surface area contributed by atoms with Gasteiger partial charge in [0, 0.05) is 12.6 Å². The Hall–Kier alpha value is -1.41. The highest BCUT2D eigenvalue weighted by Gasteiger charge is 2.22. The molecule has 1 aliphatic rings. The molecule has 1 heterocycles. The number of nitrogens with zero attached hydrogens (tertiary/aromatic N) is 3. The Bertz CT molecular complexity index is 458. The highest BCUT2D eigenvalue weighted by molar-refractivity contribution is 5.32. The summed E-state index contributed by atoms with van der Waals surface area (Å²) in [5, 5.41) is 19.1. The summed E-state index contributed by atoms with van der Waals surface area (Å²) in [6.45, 7) is 2.89. The van der Waals surface area contributed by atoms with Gasteiger partial charge in [-0.1, -0.05) is 12.1 Å². The van der Waals surface area contributed by atoms with Crippen molar-refractivity contribution in [2.45, 2.75) is 25.0 Å². The Balaban J connectivity index is 1.89. The first-order valence-electron chi connectivity index (χ1n) is 7.17. The molecule has 1 unspecified atom stereocenters. The van der Waals surface area contributed by atoms with Gasteiger partial charge in [0.05, 0.1) is 17.7 Å². The molecule has 0 amide bonds. The third-order valence-corrected chi connectivity index (χ3v) is 4.20. The minimum atomic E-state index is -0.493. The number of rotatable bonds is 4. The molecule has 1 fully saturated rings. The predicted octanol–water partition coefficient (Wildman–Crippen LogP) is 1.62. The Morgan fingerprint density at radius 3 is 2.50 bits per heavy atom. The van der Waals surface area contributed by atoms with Gasteiger partial charge in [0.2, 0.25) is 0 Å². The third-order valence-electron chi connectivity index (χ3n) is 4.20. The maximum absolute atomic E-state index is 10.3. The van der Waals surface area contributed by atoms with Crippen molar-refractivity contribution < 1.29 is 5.11 Å². The third kappa shape index (κ3) is 3.80. The second-order valence-electron chi connectivity index (χ2n) is 5.72. The van der Waals surface area contributed by atoms with E-state index in [1.807, 2.05) is 12.1 Å². The molecule has 1 atom stereocenters. The summed E-state index contributed by atoms with van der Waals surface area (Å²) < 4.78 is 0. The first-order valence-corrected chi connectivity index (χ1v) is 7.17. The van der Waals surface area contributed by atoms with Gasteiger partial charge in [-0.05, 0) is 57.7 Å². The van der Waals surface area contributed by atoms with E-state index >= 15 is 0 Å². The number of likely N-dealkylation sites (tertiary alicyclic amines) is 1. The van der Waals surface area contributed by atoms with Crippen molar-refractivity contribution in [1.82, 2.24) is 9.80 Å². The summed E-state index contributed by atoms with van der Waals surface area (Å²) in [7, 11) is 4.24. The van der Waals surface area contributed by atoms with E-state index in [1.54, 1.807) is 12.1 Å². The van der Waals surface area contributed by atoms with Crippen LogP contribution in [-0.4, -0.2) is 54.7 Å². The van der Waals surface area contributed by atoms with Crippen LogP contribution < -0.4 is 0 Å². The van der Waals surface area contributed by atoms with E-state index in [9.17, 15) is 5.11 Å². The Labute approximate surface area is 121 Å². The van der Waals surface area contributed by atoms with Crippen LogP contribution in [0.3, 0.4) is 0 Å². The highest BCUT2D eigenvalue weighted by Crippen LogP contribution is 2.19. The van der Waals surface area contributed by atoms with Crippen LogP contribution in [0, 0.1) is 11.3 Å². The normalized spacial score (nSPS) is 18.9. The number of aliphatic hydroxyl groups excluding tert-OH is 1. The smallest absolute Gasteiger partial charge is 0.0991 e. The molecule has 2 rings (SSSR count). The van der Waals surface area contributed by atoms with Crippen LogP contribution in [0.2, 0.25) is 0 Å². The van der Waals surface area contributed by atoms with Gasteiger partial charge in [0.15, 0.2) is 0 Å². The fourth-order valence-electron chi connectivity index (χ4n) is 2.74. The molecule has 0 aliphatic carbocycles. The number of piperidine rings is 1. The van der Waals surface area contributed by atoms with Gasteiger partial charge in [-0.2, -0.15) is 5.26 Å². The number of hydrogen-bond donors (Lipinski definition) is 1. The second kappa shape index (κ2) is 6.85. The topological polar surface area (TPSA) is 50.5 Å². The zero-order valence-electron chi connectivity index (χ0n) is 12.3. The predicted molar refractivity (Wildman–Crippen MR) is 79.3 cm³/mol. The van der Waals surface area contributed by atoms with Crippen LogP contribution in [0.25, 0.3) is 0 Å². The fraction of sp³-hybridized carbons (Fsp3) is 0.562. The lowest BCUT2D eigenvalue weighted by Crippen LogP contribution is -2.43. The SMILES string of the molecule is CN1CCC(N(C)CC(O)c2ccc(C#N)cc2)CC1. The van der Waals surface area contributed by atoms with Crippen LogP contribution in [0.5, 0.6) is 0 Å². The largest absolute Gasteiger partial charge is 0.387 e. The molecular formula is C16H23N3O. The van der Waals surface area contributed by atoms with Crippen molar-refractivity contribution in [3.63, 3.8) is 0 Å². The fourth-order valence-corrected chi connectivity index (χ4v) is 2.74. The summed E-state index contributed by atoms with van der Waals surface area (Å²) in [6, 6.07) is 9.84. The molecule has 0 aromatic heterocycles. The van der Waals surface area contributed by atoms with Crippen LogP contribution in [0.15, 0.2) is 24.3 Å². The average Bonchev–Trinajstić information content (AvgIpc) is 2.48. The molecule has 1 aromatic carbocycles. The Kier molecular flexibility index (Phi) is 5.13. The van der Waals surface area contributed by atoms with Crippen LogP contribution in [0.1, 0.15) is 30.1 Å². The number of aliphatic hydroxyl groups is 1. The first kappa shape index (κ1) is 15.0. The lowest BCUT2D eigenvalue weighted by molar-refractivity contribution is 0.0789. The molecule has 4 heteroatoms. The monoisotopic (exact) mass is 273 g/mol. The molecule has 1 N–H and O–H groups in total. The molecule has 0 bridgehead atoms. The molecule has 1 aromatic rings. The quantitative estimate of drug-likeness (QED) is 0.905. The van der Waals surface area contributed by atoms with Gasteiger partial charge in [-0.15, -0.1) is 0 Å². The van der Waals surface area contributed by atoms with Crippen molar-refractivity contribution in [3.8, 4) is 6.07 Å². The molecule has 108 valence electrons. The van der Waals surface area contributed by atoms with Crippen LogP contribution in [0.4, 0.5) is 0 Å². The van der Waals surface area contributed by atoms with E-state index in [4.69, 9.17) is 5.26 Å². The van der Waals surface area contributed by atoms with E-state index in [0.717, 1.165) is 31.5 Å². The van der Waals surface area contributed by atoms with Crippen LogP contribution >= 0.6 is 0 Å². The van der Waals surface area contributed by atoms with Crippen molar-refractivity contribution in [2.24, 2.45) is 0 Å². The number of nitriles is 1. The number of benzene rings is 1. The van der Waals surface area contributed by atoms with E-state index < -0.39 is 6.10 Å². The van der Waals surface area contributed by atoms with E-state index in [0.29, 0.717) is 18.2 Å². The van der Waals surface area contributed by atoms with Gasteiger partial charge in [-0.3, -0.25) is 0 Å². The van der Waals surface area contributed by atoms with Crippen molar-refractivity contribution >= 4 is 0 Å². The van der Waals surface area contributed by atoms with Gasteiger partial charge >= 0.3 is 0 Å². The molecule has 0 saturated carbocycles.